The SMILES string of the molecule is CCNS(=O)(=O)c1cc(F)cc(Cl)c1. The standard InChI is InChI=1S/C8H9ClFNO2S/c1-2-11-14(12,13)8-4-6(9)3-7(10)5-8/h3-5,11H,2H2,1H3. The Bertz CT molecular complexity index is 413. The summed E-state index contributed by atoms with van der Waals surface area (Å²) in [6, 6.07) is 3.17. The Morgan fingerprint density at radius 2 is 2.07 bits per heavy atom. The Morgan fingerprint density at radius 3 is 2.57 bits per heavy atom. The van der Waals surface area contributed by atoms with Crippen LogP contribution in [0.25, 0.3) is 0 Å². The van der Waals surface area contributed by atoms with Gasteiger partial charge in [-0.15, -0.1) is 0 Å². The topological polar surface area (TPSA) is 46.2 Å². The van der Waals surface area contributed by atoms with Crippen molar-refractivity contribution >= 4 is 21.6 Å². The number of halogens is 2. The summed E-state index contributed by atoms with van der Waals surface area (Å²) >= 11 is 5.52. The Labute approximate surface area is 86.9 Å². The molecule has 0 amide bonds. The smallest absolute Gasteiger partial charge is 0.211 e. The average molecular weight is 238 g/mol. The second kappa shape index (κ2) is 4.25. The van der Waals surface area contributed by atoms with E-state index in [0.717, 1.165) is 12.1 Å². The molecule has 0 aliphatic carbocycles. The normalized spacial score (nSPS) is 11.6. The van der Waals surface area contributed by atoms with E-state index < -0.39 is 15.8 Å². The van der Waals surface area contributed by atoms with Crippen LogP contribution in [-0.2, 0) is 10.0 Å². The van der Waals surface area contributed by atoms with Gasteiger partial charge in [-0.3, -0.25) is 0 Å². The highest BCUT2D eigenvalue weighted by atomic mass is 35.5. The third-order valence-electron chi connectivity index (χ3n) is 1.48. The number of sulfonamides is 1. The van der Waals surface area contributed by atoms with Gasteiger partial charge in [0, 0.05) is 11.6 Å². The molecule has 3 nitrogen and oxygen atoms in total. The van der Waals surface area contributed by atoms with Crippen LogP contribution in [0.5, 0.6) is 0 Å². The van der Waals surface area contributed by atoms with Gasteiger partial charge in [0.25, 0.3) is 0 Å². The Kier molecular flexibility index (Phi) is 3.47. The van der Waals surface area contributed by atoms with Crippen LogP contribution >= 0.6 is 11.6 Å². The van der Waals surface area contributed by atoms with Crippen molar-refractivity contribution < 1.29 is 12.8 Å². The van der Waals surface area contributed by atoms with Crippen molar-refractivity contribution in [3.8, 4) is 0 Å². The summed E-state index contributed by atoms with van der Waals surface area (Å²) in [6.45, 7) is 1.88. The van der Waals surface area contributed by atoms with Crippen molar-refractivity contribution in [1.29, 1.82) is 0 Å². The first-order valence-corrected chi connectivity index (χ1v) is 5.77. The van der Waals surface area contributed by atoms with Gasteiger partial charge < -0.3 is 0 Å². The predicted molar refractivity (Wildman–Crippen MR) is 52.3 cm³/mol. The Morgan fingerprint density at radius 1 is 1.43 bits per heavy atom. The molecule has 0 aromatic heterocycles. The van der Waals surface area contributed by atoms with Gasteiger partial charge in [0.1, 0.15) is 5.82 Å². The molecule has 0 saturated heterocycles. The molecule has 0 bridgehead atoms. The number of nitrogens with one attached hydrogen (secondary N) is 1. The fourth-order valence-corrected chi connectivity index (χ4v) is 2.34. The molecule has 78 valence electrons. The van der Waals surface area contributed by atoms with Crippen LogP contribution in [0.4, 0.5) is 4.39 Å². The second-order valence-electron chi connectivity index (χ2n) is 2.61. The molecule has 0 atom stereocenters. The summed E-state index contributed by atoms with van der Waals surface area (Å²) in [4.78, 5) is -0.163. The summed E-state index contributed by atoms with van der Waals surface area (Å²) in [5.41, 5.74) is 0. The maximum atomic E-state index is 12.8. The molecule has 1 aromatic carbocycles. The number of rotatable bonds is 3. The van der Waals surface area contributed by atoms with Crippen molar-refractivity contribution in [1.82, 2.24) is 4.72 Å². The fraction of sp³-hybridized carbons (Fsp3) is 0.250. The third-order valence-corrected chi connectivity index (χ3v) is 3.22. The minimum atomic E-state index is -3.63. The summed E-state index contributed by atoms with van der Waals surface area (Å²) in [7, 11) is -3.63. The molecule has 0 saturated carbocycles. The van der Waals surface area contributed by atoms with E-state index in [4.69, 9.17) is 11.6 Å². The van der Waals surface area contributed by atoms with Crippen molar-refractivity contribution in [2.45, 2.75) is 11.8 Å². The maximum Gasteiger partial charge on any atom is 0.240 e. The van der Waals surface area contributed by atoms with Crippen molar-refractivity contribution in [3.05, 3.63) is 29.0 Å². The van der Waals surface area contributed by atoms with Crippen LogP contribution in [0.1, 0.15) is 6.92 Å². The van der Waals surface area contributed by atoms with E-state index in [1.54, 1.807) is 6.92 Å². The first kappa shape index (κ1) is 11.4. The quantitative estimate of drug-likeness (QED) is 0.871. The van der Waals surface area contributed by atoms with E-state index in [-0.39, 0.29) is 16.5 Å². The number of benzene rings is 1. The summed E-state index contributed by atoms with van der Waals surface area (Å²) in [5.74, 6) is -0.672. The molecule has 6 heteroatoms. The molecule has 0 spiro atoms. The predicted octanol–water partition coefficient (Wildman–Crippen LogP) is 1.78. The minimum Gasteiger partial charge on any atom is -0.211 e. The van der Waals surface area contributed by atoms with Crippen LogP contribution < -0.4 is 4.72 Å². The molecule has 0 aliphatic rings. The van der Waals surface area contributed by atoms with Crippen LogP contribution in [-0.4, -0.2) is 15.0 Å². The molecule has 14 heavy (non-hydrogen) atoms. The van der Waals surface area contributed by atoms with Crippen LogP contribution in [0, 0.1) is 5.82 Å². The van der Waals surface area contributed by atoms with E-state index in [2.05, 4.69) is 4.72 Å². The lowest BCUT2D eigenvalue weighted by Crippen LogP contribution is -2.23. The molecule has 0 aliphatic heterocycles. The van der Waals surface area contributed by atoms with Gasteiger partial charge >= 0.3 is 0 Å². The van der Waals surface area contributed by atoms with Crippen LogP contribution in [0.3, 0.4) is 0 Å². The highest BCUT2D eigenvalue weighted by molar-refractivity contribution is 7.89. The molecule has 1 N–H and O–H groups in total. The molecule has 1 rings (SSSR count). The van der Waals surface area contributed by atoms with E-state index in [9.17, 15) is 12.8 Å². The zero-order valence-electron chi connectivity index (χ0n) is 7.42. The maximum absolute atomic E-state index is 12.8. The van der Waals surface area contributed by atoms with Crippen molar-refractivity contribution in [3.63, 3.8) is 0 Å². The largest absolute Gasteiger partial charge is 0.240 e. The van der Waals surface area contributed by atoms with Crippen molar-refractivity contribution in [2.24, 2.45) is 0 Å². The Hall–Kier alpha value is -0.650. The highest BCUT2D eigenvalue weighted by Gasteiger charge is 2.14. The first-order valence-electron chi connectivity index (χ1n) is 3.91. The van der Waals surface area contributed by atoms with E-state index >= 15 is 0 Å². The van der Waals surface area contributed by atoms with Gasteiger partial charge in [-0.2, -0.15) is 0 Å². The van der Waals surface area contributed by atoms with Gasteiger partial charge in [-0.05, 0) is 18.2 Å². The molecule has 1 aromatic rings. The molecule has 0 radical (unpaired) electrons. The molecule has 0 fully saturated rings. The molecule has 0 unspecified atom stereocenters. The van der Waals surface area contributed by atoms with Gasteiger partial charge in [0.05, 0.1) is 4.90 Å². The lowest BCUT2D eigenvalue weighted by molar-refractivity contribution is 0.580. The Balaban J connectivity index is 3.19. The van der Waals surface area contributed by atoms with Gasteiger partial charge in [0.15, 0.2) is 0 Å². The molecular formula is C8H9ClFNO2S. The van der Waals surface area contributed by atoms with Gasteiger partial charge in [-0.1, -0.05) is 18.5 Å². The first-order chi connectivity index (χ1) is 6.45. The van der Waals surface area contributed by atoms with Gasteiger partial charge in [0.2, 0.25) is 10.0 Å². The lowest BCUT2D eigenvalue weighted by Gasteiger charge is -2.04. The summed E-state index contributed by atoms with van der Waals surface area (Å²) in [5, 5.41) is 0.0569. The zero-order valence-corrected chi connectivity index (χ0v) is 8.99. The summed E-state index contributed by atoms with van der Waals surface area (Å²) < 4.78 is 37.9. The number of hydrogen-bond donors (Lipinski definition) is 1. The molecular weight excluding hydrogens is 229 g/mol. The van der Waals surface area contributed by atoms with E-state index in [1.807, 2.05) is 0 Å². The summed E-state index contributed by atoms with van der Waals surface area (Å²) in [6.07, 6.45) is 0. The number of hydrogen-bond acceptors (Lipinski definition) is 2. The molecule has 0 heterocycles. The zero-order chi connectivity index (χ0) is 10.8. The monoisotopic (exact) mass is 237 g/mol. The minimum absolute atomic E-state index is 0.0569. The fourth-order valence-electron chi connectivity index (χ4n) is 0.957. The highest BCUT2D eigenvalue weighted by Crippen LogP contribution is 2.17. The van der Waals surface area contributed by atoms with Crippen LogP contribution in [0.2, 0.25) is 5.02 Å². The van der Waals surface area contributed by atoms with E-state index in [0.29, 0.717) is 0 Å². The van der Waals surface area contributed by atoms with Gasteiger partial charge in [-0.25, -0.2) is 17.5 Å². The third kappa shape index (κ3) is 2.67. The van der Waals surface area contributed by atoms with Crippen LogP contribution in [0.15, 0.2) is 23.1 Å². The second-order valence-corrected chi connectivity index (χ2v) is 4.81. The van der Waals surface area contributed by atoms with Crippen molar-refractivity contribution in [2.75, 3.05) is 6.54 Å². The lowest BCUT2D eigenvalue weighted by atomic mass is 10.3. The van der Waals surface area contributed by atoms with E-state index in [1.165, 1.54) is 6.07 Å². The average Bonchev–Trinajstić information content (AvgIpc) is 2.02.